The number of nitrogens with two attached hydrogens (primary N) is 1. The number of sulfonamides is 1. The molecule has 1 rings (SSSR count). The highest BCUT2D eigenvalue weighted by molar-refractivity contribution is 7.89. The molecule has 0 aliphatic carbocycles. The molecule has 1 aromatic carbocycles. The zero-order valence-electron chi connectivity index (χ0n) is 11.4. The molecule has 1 unspecified atom stereocenters. The predicted octanol–water partition coefficient (Wildman–Crippen LogP) is 0.141. The molecule has 20 heavy (non-hydrogen) atoms. The van der Waals surface area contributed by atoms with Gasteiger partial charge in [-0.25, -0.2) is 13.6 Å². The summed E-state index contributed by atoms with van der Waals surface area (Å²) >= 11 is 0. The van der Waals surface area contributed by atoms with Crippen LogP contribution in [0, 0.1) is 6.92 Å². The van der Waals surface area contributed by atoms with Crippen molar-refractivity contribution >= 4 is 26.7 Å². The number of carbonyl (C=O) groups excluding carboxylic acids is 1. The summed E-state index contributed by atoms with van der Waals surface area (Å²) in [4.78, 5) is 11.8. The Morgan fingerprint density at radius 1 is 1.40 bits per heavy atom. The monoisotopic (exact) mass is 318 g/mol. The third kappa shape index (κ3) is 5.03. The van der Waals surface area contributed by atoms with E-state index in [9.17, 15) is 17.4 Å². The van der Waals surface area contributed by atoms with Crippen LogP contribution >= 0.6 is 0 Å². The van der Waals surface area contributed by atoms with Gasteiger partial charge < -0.3 is 5.32 Å². The summed E-state index contributed by atoms with van der Waals surface area (Å²) in [5, 5.41) is 7.73. The maximum absolute atomic E-state index is 11.9. The second kappa shape index (κ2) is 6.96. The number of carbonyl (C=O) groups is 1. The third-order valence-corrected chi connectivity index (χ3v) is 4.57. The zero-order valence-corrected chi connectivity index (χ0v) is 13.0. The van der Waals surface area contributed by atoms with Crippen molar-refractivity contribution in [1.29, 1.82) is 0 Å². The van der Waals surface area contributed by atoms with Gasteiger partial charge in [0, 0.05) is 34.9 Å². The molecule has 3 N–H and O–H groups in total. The molecule has 8 heteroatoms. The Balaban J connectivity index is 2.77. The summed E-state index contributed by atoms with van der Waals surface area (Å²) in [5.74, 6) is 0.133. The van der Waals surface area contributed by atoms with Crippen LogP contribution in [0.5, 0.6) is 0 Å². The smallest absolute Gasteiger partial charge is 0.251 e. The molecular weight excluding hydrogens is 300 g/mol. The predicted molar refractivity (Wildman–Crippen MR) is 78.4 cm³/mol. The second-order valence-corrected chi connectivity index (χ2v) is 7.50. The molecule has 112 valence electrons. The summed E-state index contributed by atoms with van der Waals surface area (Å²) in [6.45, 7) is 2.00. The van der Waals surface area contributed by atoms with Crippen LogP contribution in [0.3, 0.4) is 0 Å². The van der Waals surface area contributed by atoms with Crippen molar-refractivity contribution in [2.75, 3.05) is 18.6 Å². The number of amides is 1. The number of aryl methyl sites for hydroxylation is 1. The fourth-order valence-electron chi connectivity index (χ4n) is 1.63. The standard InChI is InChI=1S/C12H18N2O4S2/c1-9-4-5-10(8-11(9)20(13,17)18)12(15)14-6-3-7-19(2)16/h4-5,8H,3,6-7H2,1-2H3,(H,14,15)(H2,13,17,18). The van der Waals surface area contributed by atoms with Gasteiger partial charge >= 0.3 is 0 Å². The highest BCUT2D eigenvalue weighted by Gasteiger charge is 2.14. The minimum absolute atomic E-state index is 0.0557. The second-order valence-electron chi connectivity index (χ2n) is 4.41. The molecule has 0 radical (unpaired) electrons. The Morgan fingerprint density at radius 2 is 2.05 bits per heavy atom. The first-order valence-electron chi connectivity index (χ1n) is 5.93. The average Bonchev–Trinajstić information content (AvgIpc) is 2.33. The maximum Gasteiger partial charge on any atom is 0.251 e. The lowest BCUT2D eigenvalue weighted by molar-refractivity contribution is 0.0953. The van der Waals surface area contributed by atoms with Gasteiger partial charge in [-0.3, -0.25) is 9.00 Å². The van der Waals surface area contributed by atoms with Gasteiger partial charge in [-0.05, 0) is 31.0 Å². The van der Waals surface area contributed by atoms with Crippen molar-refractivity contribution in [2.45, 2.75) is 18.2 Å². The number of rotatable bonds is 6. The van der Waals surface area contributed by atoms with Crippen molar-refractivity contribution in [2.24, 2.45) is 5.14 Å². The fourth-order valence-corrected chi connectivity index (χ4v) is 2.99. The van der Waals surface area contributed by atoms with Crippen LogP contribution in [0.1, 0.15) is 22.3 Å². The van der Waals surface area contributed by atoms with Gasteiger partial charge in [0.05, 0.1) is 4.90 Å². The summed E-state index contributed by atoms with van der Waals surface area (Å²) < 4.78 is 33.6. The Bertz CT molecular complexity index is 626. The lowest BCUT2D eigenvalue weighted by atomic mass is 10.1. The molecule has 1 aromatic rings. The Hall–Kier alpha value is -1.25. The highest BCUT2D eigenvalue weighted by atomic mass is 32.2. The van der Waals surface area contributed by atoms with E-state index in [-0.39, 0.29) is 16.4 Å². The van der Waals surface area contributed by atoms with Crippen molar-refractivity contribution in [3.8, 4) is 0 Å². The van der Waals surface area contributed by atoms with Crippen LogP contribution in [0.15, 0.2) is 23.1 Å². The van der Waals surface area contributed by atoms with Gasteiger partial charge in [-0.15, -0.1) is 0 Å². The quantitative estimate of drug-likeness (QED) is 0.728. The molecule has 0 aliphatic rings. The molecule has 0 heterocycles. The molecule has 0 saturated heterocycles. The average molecular weight is 318 g/mol. The van der Waals surface area contributed by atoms with E-state index in [1.165, 1.54) is 18.2 Å². The van der Waals surface area contributed by atoms with E-state index in [4.69, 9.17) is 5.14 Å². The van der Waals surface area contributed by atoms with Gasteiger partial charge in [-0.2, -0.15) is 0 Å². The minimum Gasteiger partial charge on any atom is -0.352 e. The van der Waals surface area contributed by atoms with E-state index < -0.39 is 20.8 Å². The Kier molecular flexibility index (Phi) is 5.85. The van der Waals surface area contributed by atoms with Gasteiger partial charge in [0.2, 0.25) is 10.0 Å². The summed E-state index contributed by atoms with van der Waals surface area (Å²) in [6.07, 6.45) is 2.20. The number of hydrogen-bond acceptors (Lipinski definition) is 4. The normalized spacial score (nSPS) is 12.9. The third-order valence-electron chi connectivity index (χ3n) is 2.65. The SMILES string of the molecule is Cc1ccc(C(=O)NCCCS(C)=O)cc1S(N)(=O)=O. The molecule has 0 aromatic heterocycles. The molecule has 0 aliphatic heterocycles. The van der Waals surface area contributed by atoms with Crippen LogP contribution in [-0.2, 0) is 20.8 Å². The fraction of sp³-hybridized carbons (Fsp3) is 0.417. The first-order chi connectivity index (χ1) is 9.21. The first-order valence-corrected chi connectivity index (χ1v) is 9.21. The molecule has 1 amide bonds. The van der Waals surface area contributed by atoms with Crippen LogP contribution in [0.25, 0.3) is 0 Å². The minimum atomic E-state index is -3.85. The van der Waals surface area contributed by atoms with Gasteiger partial charge in [0.1, 0.15) is 0 Å². The van der Waals surface area contributed by atoms with E-state index in [2.05, 4.69) is 5.32 Å². The van der Waals surface area contributed by atoms with E-state index in [0.29, 0.717) is 24.3 Å². The largest absolute Gasteiger partial charge is 0.352 e. The number of benzene rings is 1. The molecule has 0 bridgehead atoms. The number of primary sulfonamides is 1. The Labute approximate surface area is 121 Å². The van der Waals surface area contributed by atoms with Gasteiger partial charge in [-0.1, -0.05) is 6.07 Å². The summed E-state index contributed by atoms with van der Waals surface area (Å²) in [6, 6.07) is 4.34. The van der Waals surface area contributed by atoms with Crippen LogP contribution in [0.2, 0.25) is 0 Å². The van der Waals surface area contributed by atoms with Gasteiger partial charge in [0.25, 0.3) is 5.91 Å². The molecule has 1 atom stereocenters. The van der Waals surface area contributed by atoms with Crippen LogP contribution < -0.4 is 10.5 Å². The van der Waals surface area contributed by atoms with E-state index in [1.807, 2.05) is 0 Å². The van der Waals surface area contributed by atoms with E-state index in [1.54, 1.807) is 13.2 Å². The summed E-state index contributed by atoms with van der Waals surface area (Å²) in [7, 11) is -4.74. The number of hydrogen-bond donors (Lipinski definition) is 2. The van der Waals surface area contributed by atoms with Crippen molar-refractivity contribution in [3.05, 3.63) is 29.3 Å². The summed E-state index contributed by atoms with van der Waals surface area (Å²) in [5.41, 5.74) is 0.725. The van der Waals surface area contributed by atoms with Crippen molar-refractivity contribution in [1.82, 2.24) is 5.32 Å². The zero-order chi connectivity index (χ0) is 15.3. The van der Waals surface area contributed by atoms with Crippen molar-refractivity contribution in [3.63, 3.8) is 0 Å². The number of nitrogens with one attached hydrogen (secondary N) is 1. The maximum atomic E-state index is 11.9. The molecule has 0 saturated carbocycles. The lowest BCUT2D eigenvalue weighted by Gasteiger charge is -2.08. The highest BCUT2D eigenvalue weighted by Crippen LogP contribution is 2.15. The van der Waals surface area contributed by atoms with E-state index >= 15 is 0 Å². The molecular formula is C12H18N2O4S2. The van der Waals surface area contributed by atoms with E-state index in [0.717, 1.165) is 0 Å². The van der Waals surface area contributed by atoms with Crippen molar-refractivity contribution < 1.29 is 17.4 Å². The van der Waals surface area contributed by atoms with Crippen LogP contribution in [-0.4, -0.2) is 37.1 Å². The Morgan fingerprint density at radius 3 is 2.60 bits per heavy atom. The lowest BCUT2D eigenvalue weighted by Crippen LogP contribution is -2.26. The van der Waals surface area contributed by atoms with Crippen LogP contribution in [0.4, 0.5) is 0 Å². The topological polar surface area (TPSA) is 106 Å². The van der Waals surface area contributed by atoms with Gasteiger partial charge in [0.15, 0.2) is 0 Å². The molecule has 6 nitrogen and oxygen atoms in total. The molecule has 0 spiro atoms. The first kappa shape index (κ1) is 16.8. The molecule has 0 fully saturated rings.